The highest BCUT2D eigenvalue weighted by Crippen LogP contribution is 3.03. The van der Waals surface area contributed by atoms with Crippen LogP contribution in [0.1, 0.15) is 5.56 Å². The second-order valence-corrected chi connectivity index (χ2v) is 9.57. The molecule has 2 bridgehead atoms. The van der Waals surface area contributed by atoms with Crippen molar-refractivity contribution in [2.45, 2.75) is 14.2 Å². The molecule has 0 amide bonds. The molecule has 4 unspecified atom stereocenters. The quantitative estimate of drug-likeness (QED) is 0.756. The molecular weight excluding hydrogens is 356 g/mol. The van der Waals surface area contributed by atoms with Crippen LogP contribution in [0.3, 0.4) is 0 Å². The van der Waals surface area contributed by atoms with Gasteiger partial charge in [-0.3, -0.25) is 0 Å². The van der Waals surface area contributed by atoms with Gasteiger partial charge in [-0.05, 0) is 35.2 Å². The average molecular weight is 368 g/mol. The molecule has 7 rings (SSSR count). The van der Waals surface area contributed by atoms with Crippen LogP contribution >= 0.6 is 31.9 Å². The van der Waals surface area contributed by atoms with Gasteiger partial charge in [0.25, 0.3) is 0 Å². The fourth-order valence-corrected chi connectivity index (χ4v) is 10.2. The highest BCUT2D eigenvalue weighted by Gasteiger charge is 3.07. The maximum Gasteiger partial charge on any atom is 0.109 e. The summed E-state index contributed by atoms with van der Waals surface area (Å²) in [7, 11) is 0. The fourth-order valence-electron chi connectivity index (χ4n) is 6.84. The monoisotopic (exact) mass is 366 g/mol. The lowest BCUT2D eigenvalue weighted by Crippen LogP contribution is -2.93. The molecular formula is C15H12Br2O. The maximum atomic E-state index is 11.5. The van der Waals surface area contributed by atoms with Crippen molar-refractivity contribution in [2.75, 3.05) is 0 Å². The Hall–Kier alpha value is 0.140. The van der Waals surface area contributed by atoms with E-state index in [2.05, 4.69) is 56.1 Å². The van der Waals surface area contributed by atoms with Crippen molar-refractivity contribution in [3.05, 3.63) is 35.9 Å². The van der Waals surface area contributed by atoms with E-state index in [-0.39, 0.29) is 4.32 Å². The van der Waals surface area contributed by atoms with Crippen LogP contribution in [0.4, 0.5) is 0 Å². The van der Waals surface area contributed by atoms with Crippen molar-refractivity contribution in [3.63, 3.8) is 0 Å². The lowest BCUT2D eigenvalue weighted by atomic mass is 9.20. The number of alkyl halides is 2. The maximum absolute atomic E-state index is 11.5. The average Bonchev–Trinajstić information content (AvgIpc) is 2.54. The van der Waals surface area contributed by atoms with E-state index in [9.17, 15) is 5.11 Å². The summed E-state index contributed by atoms with van der Waals surface area (Å²) in [5.41, 5.74) is 0.505. The Morgan fingerprint density at radius 1 is 0.833 bits per heavy atom. The Balaban J connectivity index is 1.62. The zero-order valence-electron chi connectivity index (χ0n) is 9.55. The predicted octanol–water partition coefficient (Wildman–Crippen LogP) is 2.91. The van der Waals surface area contributed by atoms with E-state index in [0.717, 1.165) is 11.5 Å². The third-order valence-corrected chi connectivity index (χ3v) is 10.4. The van der Waals surface area contributed by atoms with E-state index < -0.39 is 5.60 Å². The molecule has 1 N–H and O–H groups in total. The summed E-state index contributed by atoms with van der Waals surface area (Å²) < 4.78 is 0.422. The molecule has 0 heterocycles. The Kier molecular flexibility index (Phi) is 1.27. The number of halogens is 2. The molecule has 3 heteroatoms. The summed E-state index contributed by atoms with van der Waals surface area (Å²) in [6.45, 7) is 0. The van der Waals surface area contributed by atoms with E-state index >= 15 is 0 Å². The van der Waals surface area contributed by atoms with Crippen molar-refractivity contribution in [1.82, 2.24) is 0 Å². The molecule has 6 fully saturated rings. The molecule has 0 radical (unpaired) electrons. The minimum Gasteiger partial charge on any atom is -0.383 e. The van der Waals surface area contributed by atoms with Gasteiger partial charge in [0, 0.05) is 10.2 Å². The van der Waals surface area contributed by atoms with Crippen LogP contribution in [0.5, 0.6) is 0 Å². The largest absolute Gasteiger partial charge is 0.383 e. The SMILES string of the molecule is O[C@]1(c2ccccc2)C2[C@@H]3[C@H]4C5[C@@H]([C@@H]2C53Br)C41Br. The van der Waals surface area contributed by atoms with Gasteiger partial charge in [-0.15, -0.1) is 0 Å². The molecule has 0 spiro atoms. The fraction of sp³-hybridized carbons (Fsp3) is 0.600. The molecule has 9 atom stereocenters. The minimum atomic E-state index is -0.622. The topological polar surface area (TPSA) is 20.2 Å². The smallest absolute Gasteiger partial charge is 0.109 e. The highest BCUT2D eigenvalue weighted by molar-refractivity contribution is 9.10. The van der Waals surface area contributed by atoms with Crippen LogP contribution < -0.4 is 0 Å². The number of hydrogen-bond donors (Lipinski definition) is 1. The molecule has 6 aliphatic carbocycles. The molecule has 92 valence electrons. The van der Waals surface area contributed by atoms with Crippen LogP contribution in [0.2, 0.25) is 0 Å². The van der Waals surface area contributed by atoms with E-state index in [1.54, 1.807) is 0 Å². The van der Waals surface area contributed by atoms with E-state index in [1.165, 1.54) is 0 Å². The first-order valence-corrected chi connectivity index (χ1v) is 8.33. The molecule has 0 saturated heterocycles. The van der Waals surface area contributed by atoms with Gasteiger partial charge < -0.3 is 5.11 Å². The molecule has 1 nitrogen and oxygen atoms in total. The zero-order valence-corrected chi connectivity index (χ0v) is 12.7. The molecule has 6 aliphatic rings. The van der Waals surface area contributed by atoms with Crippen LogP contribution in [-0.4, -0.2) is 13.8 Å². The normalized spacial score (nSPS) is 71.7. The van der Waals surface area contributed by atoms with Crippen LogP contribution in [0.25, 0.3) is 0 Å². The van der Waals surface area contributed by atoms with E-state index in [0.29, 0.717) is 33.9 Å². The van der Waals surface area contributed by atoms with Crippen molar-refractivity contribution < 1.29 is 5.11 Å². The van der Waals surface area contributed by atoms with Gasteiger partial charge >= 0.3 is 0 Å². The summed E-state index contributed by atoms with van der Waals surface area (Å²) in [4.78, 5) is 0. The Bertz CT molecular complexity index is 594. The molecule has 1 aromatic carbocycles. The van der Waals surface area contributed by atoms with Crippen molar-refractivity contribution in [2.24, 2.45) is 35.5 Å². The molecule has 0 aromatic heterocycles. The molecule has 0 aliphatic heterocycles. The first kappa shape index (κ1) is 9.95. The molecule has 18 heavy (non-hydrogen) atoms. The summed E-state index contributed by atoms with van der Waals surface area (Å²) in [5, 5.41) is 11.5. The van der Waals surface area contributed by atoms with Gasteiger partial charge in [0.15, 0.2) is 0 Å². The number of aliphatic hydroxyl groups is 1. The standard InChI is InChI=1S/C15H12Br2O/c16-13-7-10-8(13)12-9(13)11(7)14(10,17)15(12,18)6-4-2-1-3-5-6/h1-5,7-12,18H/t7?,8-,9-,10-,11+,12?,13?,14?,15+/m0/s1. The summed E-state index contributed by atoms with van der Waals surface area (Å²) >= 11 is 7.99. The Labute approximate surface area is 122 Å². The van der Waals surface area contributed by atoms with Crippen molar-refractivity contribution in [1.29, 1.82) is 0 Å². The summed E-state index contributed by atoms with van der Waals surface area (Å²) in [6.07, 6.45) is 0. The van der Waals surface area contributed by atoms with Crippen LogP contribution in [0.15, 0.2) is 30.3 Å². The summed E-state index contributed by atoms with van der Waals surface area (Å²) in [6, 6.07) is 10.3. The van der Waals surface area contributed by atoms with Gasteiger partial charge in [0.05, 0.1) is 4.32 Å². The molecule has 6 saturated carbocycles. The van der Waals surface area contributed by atoms with Gasteiger partial charge in [0.2, 0.25) is 0 Å². The van der Waals surface area contributed by atoms with Gasteiger partial charge in [0.1, 0.15) is 5.60 Å². The summed E-state index contributed by atoms with van der Waals surface area (Å²) in [5.74, 6) is 4.17. The first-order valence-electron chi connectivity index (χ1n) is 6.74. The Morgan fingerprint density at radius 3 is 1.94 bits per heavy atom. The van der Waals surface area contributed by atoms with Crippen molar-refractivity contribution >= 4 is 31.9 Å². The van der Waals surface area contributed by atoms with Gasteiger partial charge in [-0.25, -0.2) is 0 Å². The Morgan fingerprint density at radius 2 is 1.39 bits per heavy atom. The van der Waals surface area contributed by atoms with Gasteiger partial charge in [-0.2, -0.15) is 0 Å². The second kappa shape index (κ2) is 2.29. The highest BCUT2D eigenvalue weighted by atomic mass is 79.9. The second-order valence-electron chi connectivity index (χ2n) is 6.88. The van der Waals surface area contributed by atoms with Crippen molar-refractivity contribution in [3.8, 4) is 0 Å². The van der Waals surface area contributed by atoms with Gasteiger partial charge in [-0.1, -0.05) is 62.2 Å². The predicted molar refractivity (Wildman–Crippen MR) is 74.6 cm³/mol. The zero-order chi connectivity index (χ0) is 12.1. The van der Waals surface area contributed by atoms with Crippen LogP contribution in [-0.2, 0) is 5.60 Å². The number of rotatable bonds is 1. The third kappa shape index (κ3) is 0.535. The van der Waals surface area contributed by atoms with E-state index in [1.807, 2.05) is 6.07 Å². The lowest BCUT2D eigenvalue weighted by Gasteiger charge is -2.90. The number of benzene rings is 1. The molecule has 1 aromatic rings. The lowest BCUT2D eigenvalue weighted by molar-refractivity contribution is -0.337. The first-order chi connectivity index (χ1) is 8.59. The number of hydrogen-bond acceptors (Lipinski definition) is 1. The van der Waals surface area contributed by atoms with Crippen LogP contribution in [0, 0.1) is 35.5 Å². The third-order valence-electron chi connectivity index (χ3n) is 7.10. The minimum absolute atomic E-state index is 0.0124. The van der Waals surface area contributed by atoms with E-state index in [4.69, 9.17) is 0 Å².